The summed E-state index contributed by atoms with van der Waals surface area (Å²) >= 11 is 0. The van der Waals surface area contributed by atoms with Gasteiger partial charge >= 0.3 is 5.97 Å². The Labute approximate surface area is 215 Å². The van der Waals surface area contributed by atoms with Gasteiger partial charge in [0.2, 0.25) is 0 Å². The third-order valence-corrected chi connectivity index (χ3v) is 7.02. The number of ketones is 1. The average molecular weight is 490 g/mol. The van der Waals surface area contributed by atoms with E-state index in [1.807, 2.05) is 48.5 Å². The van der Waals surface area contributed by atoms with Gasteiger partial charge in [-0.15, -0.1) is 0 Å². The molecule has 5 heteroatoms. The number of hydrogen-bond acceptors (Lipinski definition) is 4. The molecule has 1 aliphatic rings. The Bertz CT molecular complexity index is 1150. The SMILES string of the molecule is CCc1ccc(C(=O)C(C)CN2CCCCC2)cc1.COc1ccc2cc([C@H](C)C(=O)O)ccc2c1. The van der Waals surface area contributed by atoms with Gasteiger partial charge in [0.05, 0.1) is 13.0 Å². The van der Waals surface area contributed by atoms with Crippen LogP contribution < -0.4 is 4.74 Å². The van der Waals surface area contributed by atoms with Crippen molar-refractivity contribution in [2.75, 3.05) is 26.7 Å². The normalized spacial score (nSPS) is 15.4. The number of likely N-dealkylation sites (tertiary alicyclic amines) is 1. The number of Topliss-reactive ketones (excluding diaryl/α,β-unsaturated/α-hetero) is 1. The molecule has 0 aliphatic carbocycles. The highest BCUT2D eigenvalue weighted by molar-refractivity contribution is 5.97. The van der Waals surface area contributed by atoms with Crippen LogP contribution >= 0.6 is 0 Å². The lowest BCUT2D eigenvalue weighted by molar-refractivity contribution is -0.138. The Balaban J connectivity index is 0.000000202. The minimum atomic E-state index is -0.808. The maximum absolute atomic E-state index is 12.4. The zero-order valence-electron chi connectivity index (χ0n) is 22.0. The topological polar surface area (TPSA) is 66.8 Å². The number of carboxylic acids is 1. The Morgan fingerprint density at radius 3 is 2.17 bits per heavy atom. The van der Waals surface area contributed by atoms with Crippen LogP contribution in [0.5, 0.6) is 5.75 Å². The van der Waals surface area contributed by atoms with Gasteiger partial charge in [0.1, 0.15) is 5.75 Å². The fourth-order valence-electron chi connectivity index (χ4n) is 4.58. The van der Waals surface area contributed by atoms with Gasteiger partial charge < -0.3 is 14.7 Å². The van der Waals surface area contributed by atoms with Gasteiger partial charge in [0, 0.05) is 18.0 Å². The molecule has 0 saturated carbocycles. The Morgan fingerprint density at radius 2 is 1.56 bits per heavy atom. The molecule has 1 N–H and O–H groups in total. The van der Waals surface area contributed by atoms with Gasteiger partial charge in [0.25, 0.3) is 0 Å². The number of methoxy groups -OCH3 is 1. The van der Waals surface area contributed by atoms with Crippen molar-refractivity contribution in [2.24, 2.45) is 5.92 Å². The first-order valence-corrected chi connectivity index (χ1v) is 13.0. The Kier molecular flexibility index (Phi) is 10.1. The molecule has 0 radical (unpaired) electrons. The lowest BCUT2D eigenvalue weighted by Crippen LogP contribution is -2.35. The van der Waals surface area contributed by atoms with Crippen LogP contribution in [0.4, 0.5) is 0 Å². The third kappa shape index (κ3) is 7.41. The number of nitrogens with zero attached hydrogens (tertiary/aromatic N) is 1. The van der Waals surface area contributed by atoms with Gasteiger partial charge in [-0.3, -0.25) is 9.59 Å². The van der Waals surface area contributed by atoms with Crippen LogP contribution in [0.25, 0.3) is 10.8 Å². The van der Waals surface area contributed by atoms with Gasteiger partial charge in [-0.25, -0.2) is 0 Å². The number of rotatable bonds is 8. The Hall–Kier alpha value is -3.18. The molecule has 1 aliphatic heterocycles. The van der Waals surface area contributed by atoms with Crippen molar-refractivity contribution in [2.45, 2.75) is 52.4 Å². The van der Waals surface area contributed by atoms with E-state index in [0.717, 1.165) is 53.7 Å². The highest BCUT2D eigenvalue weighted by atomic mass is 16.5. The van der Waals surface area contributed by atoms with Gasteiger partial charge in [-0.1, -0.05) is 68.8 Å². The lowest BCUT2D eigenvalue weighted by atomic mass is 9.97. The molecule has 3 aromatic rings. The van der Waals surface area contributed by atoms with Crippen molar-refractivity contribution in [3.63, 3.8) is 0 Å². The van der Waals surface area contributed by atoms with Crippen molar-refractivity contribution < 1.29 is 19.4 Å². The number of aliphatic carboxylic acids is 1. The molecule has 0 spiro atoms. The lowest BCUT2D eigenvalue weighted by Gasteiger charge is -2.28. The molecule has 192 valence electrons. The molecule has 4 rings (SSSR count). The van der Waals surface area contributed by atoms with Crippen molar-refractivity contribution in [3.05, 3.63) is 77.4 Å². The maximum Gasteiger partial charge on any atom is 0.310 e. The average Bonchev–Trinajstić information content (AvgIpc) is 2.92. The second-order valence-corrected chi connectivity index (χ2v) is 9.71. The molecular weight excluding hydrogens is 450 g/mol. The maximum atomic E-state index is 12.4. The van der Waals surface area contributed by atoms with Crippen LogP contribution in [-0.2, 0) is 11.2 Å². The van der Waals surface area contributed by atoms with Crippen molar-refractivity contribution in [1.82, 2.24) is 4.90 Å². The predicted octanol–water partition coefficient (Wildman–Crippen LogP) is 6.59. The van der Waals surface area contributed by atoms with Crippen molar-refractivity contribution in [3.8, 4) is 5.75 Å². The van der Waals surface area contributed by atoms with Crippen LogP contribution in [0.1, 0.15) is 67.4 Å². The first-order chi connectivity index (χ1) is 17.3. The zero-order valence-corrected chi connectivity index (χ0v) is 22.0. The molecule has 0 bridgehead atoms. The number of hydrogen-bond donors (Lipinski definition) is 1. The van der Waals surface area contributed by atoms with E-state index in [-0.39, 0.29) is 11.7 Å². The number of carboxylic acid groups (broad SMARTS) is 1. The van der Waals surface area contributed by atoms with Crippen LogP contribution in [0.3, 0.4) is 0 Å². The summed E-state index contributed by atoms with van der Waals surface area (Å²) in [6.45, 7) is 9.11. The fourth-order valence-corrected chi connectivity index (χ4v) is 4.58. The van der Waals surface area contributed by atoms with E-state index in [2.05, 4.69) is 30.9 Å². The second kappa shape index (κ2) is 13.2. The van der Waals surface area contributed by atoms with Crippen LogP contribution in [-0.4, -0.2) is 48.5 Å². The molecule has 1 fully saturated rings. The minimum absolute atomic E-state index is 0.102. The summed E-state index contributed by atoms with van der Waals surface area (Å²) in [5, 5.41) is 11.0. The smallest absolute Gasteiger partial charge is 0.310 e. The standard InChI is InChI=1S/C17H25NO.C14H14O3/c1-3-15-7-9-16(10-8-15)17(19)14(2)13-18-11-5-4-6-12-18;1-9(14(15)16)10-3-4-12-8-13(17-2)6-5-11(12)7-10/h7-10,14H,3-6,11-13H2,1-2H3;3-9H,1-2H3,(H,15,16)/t;9-/m.0/s1. The second-order valence-electron chi connectivity index (χ2n) is 9.71. The summed E-state index contributed by atoms with van der Waals surface area (Å²) in [5.74, 6) is -0.102. The fraction of sp³-hybridized carbons (Fsp3) is 0.419. The summed E-state index contributed by atoms with van der Waals surface area (Å²) in [6.07, 6.45) is 4.94. The number of aryl methyl sites for hydroxylation is 1. The largest absolute Gasteiger partial charge is 0.497 e. The molecule has 3 aromatic carbocycles. The number of benzene rings is 3. The summed E-state index contributed by atoms with van der Waals surface area (Å²) in [4.78, 5) is 25.7. The number of carbonyl (C=O) groups excluding carboxylic acids is 1. The monoisotopic (exact) mass is 489 g/mol. The molecule has 36 heavy (non-hydrogen) atoms. The van der Waals surface area contributed by atoms with E-state index in [4.69, 9.17) is 9.84 Å². The van der Waals surface area contributed by atoms with E-state index in [1.54, 1.807) is 14.0 Å². The quantitative estimate of drug-likeness (QED) is 0.362. The van der Waals surface area contributed by atoms with Gasteiger partial charge in [0.15, 0.2) is 5.78 Å². The first kappa shape index (κ1) is 27.4. The predicted molar refractivity (Wildman–Crippen MR) is 146 cm³/mol. The molecule has 2 atom stereocenters. The van der Waals surface area contributed by atoms with Crippen LogP contribution in [0, 0.1) is 5.92 Å². The molecule has 1 saturated heterocycles. The highest BCUT2D eigenvalue weighted by Gasteiger charge is 2.20. The highest BCUT2D eigenvalue weighted by Crippen LogP contribution is 2.25. The molecule has 0 aromatic heterocycles. The molecule has 1 unspecified atom stereocenters. The molecule has 1 heterocycles. The summed E-state index contributed by atoms with van der Waals surface area (Å²) < 4.78 is 5.14. The van der Waals surface area contributed by atoms with Crippen molar-refractivity contribution >= 4 is 22.5 Å². The first-order valence-electron chi connectivity index (χ1n) is 13.0. The van der Waals surface area contributed by atoms with E-state index in [0.29, 0.717) is 0 Å². The molecule has 0 amide bonds. The number of carbonyl (C=O) groups is 2. The minimum Gasteiger partial charge on any atom is -0.497 e. The van der Waals surface area contributed by atoms with Crippen LogP contribution in [0.2, 0.25) is 0 Å². The number of ether oxygens (including phenoxy) is 1. The van der Waals surface area contributed by atoms with E-state index >= 15 is 0 Å². The van der Waals surface area contributed by atoms with Gasteiger partial charge in [-0.2, -0.15) is 0 Å². The van der Waals surface area contributed by atoms with Crippen LogP contribution in [0.15, 0.2) is 60.7 Å². The number of piperidine rings is 1. The van der Waals surface area contributed by atoms with Gasteiger partial charge in [-0.05, 0) is 73.3 Å². The molecular formula is C31H39NO4. The van der Waals surface area contributed by atoms with E-state index in [1.165, 1.54) is 24.8 Å². The zero-order chi connectivity index (χ0) is 26.1. The number of fused-ring (bicyclic) bond motifs is 1. The summed E-state index contributed by atoms with van der Waals surface area (Å²) in [6, 6.07) is 19.5. The molecule has 5 nitrogen and oxygen atoms in total. The van der Waals surface area contributed by atoms with E-state index in [9.17, 15) is 9.59 Å². The third-order valence-electron chi connectivity index (χ3n) is 7.02. The Morgan fingerprint density at radius 1 is 0.917 bits per heavy atom. The van der Waals surface area contributed by atoms with E-state index < -0.39 is 11.9 Å². The van der Waals surface area contributed by atoms with Crippen molar-refractivity contribution in [1.29, 1.82) is 0 Å². The summed E-state index contributed by atoms with van der Waals surface area (Å²) in [7, 11) is 1.63. The summed E-state index contributed by atoms with van der Waals surface area (Å²) in [5.41, 5.74) is 2.97.